The third-order valence-electron chi connectivity index (χ3n) is 6.97. The zero-order chi connectivity index (χ0) is 27.1. The van der Waals surface area contributed by atoms with Crippen molar-refractivity contribution in [3.63, 3.8) is 0 Å². The van der Waals surface area contributed by atoms with Gasteiger partial charge in [-0.05, 0) is 29.8 Å². The Hall–Kier alpha value is -2.55. The van der Waals surface area contributed by atoms with Crippen LogP contribution in [0.25, 0.3) is 0 Å². The molecule has 0 spiro atoms. The molecule has 2 atom stereocenters. The standard InChI is InChI=1S/C18H22NO2P.C11H14FO2P/c1-18(2,3)22(20)13-21-16-11-7-10-15(17(16)22)19-12-14-8-5-4-6-9-14;1-11(2,3)15(13)7-14-9-6-4-5-8(12)10(9)15/h4-11,19H,12-13H2,1-3H3;4-6H,7H2,1-3H3/t22-;15-/m11/s1. The normalized spacial score (nSPS) is 22.1. The maximum Gasteiger partial charge on any atom is 0.162 e. The molecule has 5 nitrogen and oxygen atoms in total. The minimum atomic E-state index is -2.78. The Kier molecular flexibility index (Phi) is 7.40. The Morgan fingerprint density at radius 2 is 1.24 bits per heavy atom. The average Bonchev–Trinajstić information content (AvgIpc) is 3.39. The van der Waals surface area contributed by atoms with Crippen LogP contribution in [0.5, 0.6) is 11.5 Å². The van der Waals surface area contributed by atoms with E-state index in [2.05, 4.69) is 17.4 Å². The lowest BCUT2D eigenvalue weighted by molar-refractivity contribution is 0.389. The maximum absolute atomic E-state index is 13.7. The summed E-state index contributed by atoms with van der Waals surface area (Å²) in [5, 5.41) is 3.84. The third kappa shape index (κ3) is 5.11. The molecule has 0 fully saturated rings. The Labute approximate surface area is 219 Å². The van der Waals surface area contributed by atoms with Gasteiger partial charge in [-0.3, -0.25) is 0 Å². The molecule has 0 bridgehead atoms. The summed E-state index contributed by atoms with van der Waals surface area (Å²) < 4.78 is 51.0. The van der Waals surface area contributed by atoms with Crippen LogP contribution in [0.2, 0.25) is 0 Å². The van der Waals surface area contributed by atoms with Crippen molar-refractivity contribution in [1.82, 2.24) is 0 Å². The van der Waals surface area contributed by atoms with E-state index < -0.39 is 25.3 Å². The molecule has 0 saturated carbocycles. The molecule has 3 aromatic carbocycles. The van der Waals surface area contributed by atoms with Crippen LogP contribution in [0.3, 0.4) is 0 Å². The van der Waals surface area contributed by atoms with Gasteiger partial charge in [-0.25, -0.2) is 4.39 Å². The fourth-order valence-electron chi connectivity index (χ4n) is 4.42. The quantitative estimate of drug-likeness (QED) is 0.349. The van der Waals surface area contributed by atoms with E-state index in [1.54, 1.807) is 12.1 Å². The molecular formula is C29H36FNO4P2. The van der Waals surface area contributed by atoms with Crippen molar-refractivity contribution in [2.45, 2.75) is 58.4 Å². The number of nitrogens with one attached hydrogen (secondary N) is 1. The molecule has 8 heteroatoms. The highest BCUT2D eigenvalue weighted by Gasteiger charge is 2.47. The van der Waals surface area contributed by atoms with E-state index in [-0.39, 0.29) is 16.8 Å². The molecule has 37 heavy (non-hydrogen) atoms. The van der Waals surface area contributed by atoms with Gasteiger partial charge in [0.25, 0.3) is 0 Å². The minimum Gasteiger partial charge on any atom is -0.485 e. The van der Waals surface area contributed by atoms with Crippen LogP contribution < -0.4 is 25.4 Å². The second-order valence-corrected chi connectivity index (χ2v) is 18.5. The first-order valence-corrected chi connectivity index (χ1v) is 16.2. The van der Waals surface area contributed by atoms with Crippen LogP contribution in [-0.4, -0.2) is 23.0 Å². The van der Waals surface area contributed by atoms with Gasteiger partial charge < -0.3 is 23.9 Å². The van der Waals surface area contributed by atoms with E-state index in [4.69, 9.17) is 9.47 Å². The van der Waals surface area contributed by atoms with Gasteiger partial charge >= 0.3 is 0 Å². The predicted molar refractivity (Wildman–Crippen MR) is 152 cm³/mol. The number of hydrogen-bond acceptors (Lipinski definition) is 5. The molecule has 0 radical (unpaired) electrons. The number of halogens is 1. The van der Waals surface area contributed by atoms with Crippen molar-refractivity contribution >= 4 is 30.6 Å². The minimum absolute atomic E-state index is 0.118. The van der Waals surface area contributed by atoms with E-state index in [0.717, 1.165) is 16.7 Å². The number of ether oxygens (including phenoxy) is 2. The molecule has 0 aromatic heterocycles. The molecule has 1 N–H and O–H groups in total. The molecule has 5 rings (SSSR count). The average molecular weight is 544 g/mol. The van der Waals surface area contributed by atoms with E-state index in [9.17, 15) is 13.5 Å². The first kappa shape index (κ1) is 27.5. The van der Waals surface area contributed by atoms with Crippen LogP contribution in [-0.2, 0) is 15.7 Å². The number of rotatable bonds is 3. The van der Waals surface area contributed by atoms with Gasteiger partial charge in [0.15, 0.2) is 14.3 Å². The third-order valence-corrected chi connectivity index (χ3v) is 14.6. The monoisotopic (exact) mass is 543 g/mol. The summed E-state index contributed by atoms with van der Waals surface area (Å²) in [5.41, 5.74) is 2.13. The Bertz CT molecular complexity index is 1380. The smallest absolute Gasteiger partial charge is 0.162 e. The second-order valence-electron chi connectivity index (χ2n) is 11.4. The number of benzene rings is 3. The molecule has 0 unspecified atom stereocenters. The van der Waals surface area contributed by atoms with Crippen molar-refractivity contribution in [1.29, 1.82) is 0 Å². The highest BCUT2D eigenvalue weighted by Crippen LogP contribution is 2.63. The highest BCUT2D eigenvalue weighted by atomic mass is 31.2. The zero-order valence-electron chi connectivity index (χ0n) is 22.4. The largest absolute Gasteiger partial charge is 0.485 e. The van der Waals surface area contributed by atoms with Crippen molar-refractivity contribution in [3.05, 3.63) is 78.1 Å². The van der Waals surface area contributed by atoms with Gasteiger partial charge in [-0.2, -0.15) is 0 Å². The molecule has 0 amide bonds. The number of hydrogen-bond donors (Lipinski definition) is 1. The summed E-state index contributed by atoms with van der Waals surface area (Å²) in [5.74, 6) is 0.785. The summed E-state index contributed by atoms with van der Waals surface area (Å²) in [6, 6.07) is 20.7. The molecule has 2 aliphatic rings. The van der Waals surface area contributed by atoms with Crippen LogP contribution in [0.1, 0.15) is 47.1 Å². The summed E-state index contributed by atoms with van der Waals surface area (Å²) in [7, 11) is -5.37. The van der Waals surface area contributed by atoms with E-state index in [1.165, 1.54) is 11.6 Å². The van der Waals surface area contributed by atoms with Gasteiger partial charge in [0.1, 0.15) is 30.0 Å². The summed E-state index contributed by atoms with van der Waals surface area (Å²) >= 11 is 0. The Morgan fingerprint density at radius 3 is 1.81 bits per heavy atom. The molecule has 3 aromatic rings. The predicted octanol–water partition coefficient (Wildman–Crippen LogP) is 7.40. The van der Waals surface area contributed by atoms with Gasteiger partial charge in [0.05, 0.1) is 10.6 Å². The summed E-state index contributed by atoms with van der Waals surface area (Å²) in [6.07, 6.45) is 0.419. The molecule has 198 valence electrons. The summed E-state index contributed by atoms with van der Waals surface area (Å²) in [6.45, 7) is 12.4. The molecular weight excluding hydrogens is 507 g/mol. The van der Waals surface area contributed by atoms with E-state index in [0.29, 0.717) is 18.6 Å². The van der Waals surface area contributed by atoms with Crippen LogP contribution >= 0.6 is 14.3 Å². The fourth-order valence-corrected chi connectivity index (χ4v) is 9.39. The van der Waals surface area contributed by atoms with Crippen LogP contribution in [0, 0.1) is 5.82 Å². The number of anilines is 1. The van der Waals surface area contributed by atoms with Crippen LogP contribution in [0.15, 0.2) is 66.7 Å². The topological polar surface area (TPSA) is 64.6 Å². The van der Waals surface area contributed by atoms with Crippen molar-refractivity contribution < 1.29 is 23.0 Å². The summed E-state index contributed by atoms with van der Waals surface area (Å²) in [4.78, 5) is 0. The first-order valence-electron chi connectivity index (χ1n) is 12.4. The lowest BCUT2D eigenvalue weighted by Crippen LogP contribution is -2.24. The Morgan fingerprint density at radius 1 is 0.730 bits per heavy atom. The van der Waals surface area contributed by atoms with E-state index in [1.807, 2.05) is 77.9 Å². The fraction of sp³-hybridized carbons (Fsp3) is 0.379. The Balaban J connectivity index is 0.000000186. The maximum atomic E-state index is 13.7. The van der Waals surface area contributed by atoms with Crippen molar-refractivity contribution in [3.8, 4) is 11.5 Å². The van der Waals surface area contributed by atoms with Gasteiger partial charge in [-0.1, -0.05) is 84.0 Å². The van der Waals surface area contributed by atoms with Crippen LogP contribution in [0.4, 0.5) is 10.1 Å². The van der Waals surface area contributed by atoms with Crippen molar-refractivity contribution in [2.75, 3.05) is 18.0 Å². The lowest BCUT2D eigenvalue weighted by Gasteiger charge is -2.27. The SMILES string of the molecule is CC(C)(C)[P@@]1(=O)COc2cccc(F)c21.CC(C)(C)[P@@]1(=O)COc2cccc(NCc3ccccc3)c21. The molecule has 0 aliphatic carbocycles. The zero-order valence-corrected chi connectivity index (χ0v) is 24.2. The van der Waals surface area contributed by atoms with Gasteiger partial charge in [0.2, 0.25) is 0 Å². The first-order chi connectivity index (χ1) is 17.3. The lowest BCUT2D eigenvalue weighted by atomic mass is 10.2. The second kappa shape index (κ2) is 9.97. The molecule has 2 aliphatic heterocycles. The van der Waals surface area contributed by atoms with Gasteiger partial charge in [-0.15, -0.1) is 0 Å². The van der Waals surface area contributed by atoms with Crippen molar-refractivity contribution in [2.24, 2.45) is 0 Å². The number of fused-ring (bicyclic) bond motifs is 2. The van der Waals surface area contributed by atoms with E-state index >= 15 is 0 Å². The molecule has 2 heterocycles. The molecule has 0 saturated heterocycles. The highest BCUT2D eigenvalue weighted by molar-refractivity contribution is 7.74. The van der Waals surface area contributed by atoms with Gasteiger partial charge in [0, 0.05) is 22.5 Å².